The lowest BCUT2D eigenvalue weighted by Crippen LogP contribution is -2.59. The van der Waals surface area contributed by atoms with Gasteiger partial charge in [-0.3, -0.25) is 48.8 Å². The summed E-state index contributed by atoms with van der Waals surface area (Å²) in [6, 6.07) is 11.9. The molecule has 19 heteroatoms. The van der Waals surface area contributed by atoms with Gasteiger partial charge in [-0.25, -0.2) is 4.98 Å². The Morgan fingerprint density at radius 1 is 0.938 bits per heavy atom. The van der Waals surface area contributed by atoms with E-state index in [4.69, 9.17) is 21.3 Å². The molecule has 64 heavy (non-hydrogen) atoms. The average molecular weight is 894 g/mol. The van der Waals surface area contributed by atoms with E-state index in [1.165, 1.54) is 7.05 Å². The zero-order chi connectivity index (χ0) is 44.8. The van der Waals surface area contributed by atoms with Crippen LogP contribution in [-0.2, 0) is 14.4 Å². The minimum absolute atomic E-state index is 0.0866. The van der Waals surface area contributed by atoms with Gasteiger partial charge in [0.2, 0.25) is 17.8 Å². The molecule has 1 atom stereocenters. The lowest BCUT2D eigenvalue weighted by molar-refractivity contribution is -0.136. The van der Waals surface area contributed by atoms with Gasteiger partial charge in [0.05, 0.1) is 28.5 Å². The van der Waals surface area contributed by atoms with Crippen LogP contribution in [0.25, 0.3) is 10.9 Å². The molecule has 7 heterocycles. The number of aromatic nitrogens is 3. The predicted molar refractivity (Wildman–Crippen MR) is 241 cm³/mol. The molecule has 1 unspecified atom stereocenters. The van der Waals surface area contributed by atoms with Crippen LogP contribution in [0.4, 0.5) is 23.1 Å². The molecule has 5 amide bonds. The van der Waals surface area contributed by atoms with E-state index >= 15 is 0 Å². The molecule has 336 valence electrons. The van der Waals surface area contributed by atoms with E-state index in [1.807, 2.05) is 38.1 Å². The first kappa shape index (κ1) is 43.2. The van der Waals surface area contributed by atoms with E-state index in [9.17, 15) is 28.8 Å². The molecule has 0 bridgehead atoms. The van der Waals surface area contributed by atoms with Gasteiger partial charge in [0.1, 0.15) is 11.1 Å². The molecule has 0 saturated carbocycles. The molecule has 4 fully saturated rings. The first-order valence-corrected chi connectivity index (χ1v) is 22.4. The van der Waals surface area contributed by atoms with Crippen molar-refractivity contribution >= 4 is 75.2 Å². The van der Waals surface area contributed by atoms with E-state index in [-0.39, 0.29) is 42.7 Å². The van der Waals surface area contributed by atoms with Gasteiger partial charge in [-0.15, -0.1) is 0 Å². The van der Waals surface area contributed by atoms with Crippen molar-refractivity contribution in [3.63, 3.8) is 0 Å². The minimum atomic E-state index is -0.985. The summed E-state index contributed by atoms with van der Waals surface area (Å²) in [5.41, 5.74) is 2.53. The lowest BCUT2D eigenvalue weighted by atomic mass is 9.92. The second kappa shape index (κ2) is 17.8. The number of nitrogens with zero attached hydrogens (tertiary/aromatic N) is 8. The third-order valence-corrected chi connectivity index (χ3v) is 13.4. The van der Waals surface area contributed by atoms with Crippen molar-refractivity contribution in [2.24, 2.45) is 5.92 Å². The number of benzene rings is 2. The Morgan fingerprint density at radius 2 is 1.70 bits per heavy atom. The highest BCUT2D eigenvalue weighted by molar-refractivity contribution is 6.33. The predicted octanol–water partition coefficient (Wildman–Crippen LogP) is 3.02. The molecule has 0 radical (unpaired) electrons. The number of ether oxygens (including phenoxy) is 1. The number of rotatable bonds is 12. The number of anilines is 4. The quantitative estimate of drug-likeness (QED) is 0.176. The number of nitrogens with one attached hydrogen (secondary N) is 3. The molecular weight excluding hydrogens is 842 g/mol. The molecule has 2 aromatic heterocycles. The van der Waals surface area contributed by atoms with Gasteiger partial charge in [-0.05, 0) is 75.4 Å². The largest absolute Gasteiger partial charge is 0.478 e. The van der Waals surface area contributed by atoms with Gasteiger partial charge in [0, 0.05) is 95.5 Å². The van der Waals surface area contributed by atoms with Gasteiger partial charge in [0.15, 0.2) is 18.2 Å². The number of imide groups is 2. The van der Waals surface area contributed by atoms with Crippen LogP contribution in [0.2, 0.25) is 5.02 Å². The van der Waals surface area contributed by atoms with Crippen LogP contribution in [0.3, 0.4) is 0 Å². The topological polar surface area (TPSA) is 195 Å². The van der Waals surface area contributed by atoms with Crippen molar-refractivity contribution in [1.82, 2.24) is 39.9 Å². The Morgan fingerprint density at radius 3 is 2.42 bits per heavy atom. The number of carbonyl (C=O) groups is 5. The molecule has 3 N–H and O–H groups in total. The van der Waals surface area contributed by atoms with E-state index in [0.29, 0.717) is 45.6 Å². The third kappa shape index (κ3) is 8.36. The summed E-state index contributed by atoms with van der Waals surface area (Å²) in [4.78, 5) is 96.3. The summed E-state index contributed by atoms with van der Waals surface area (Å²) in [5.74, 6) is -0.552. The highest BCUT2D eigenvalue weighted by atomic mass is 35.5. The Balaban J connectivity index is 0.757. The van der Waals surface area contributed by atoms with Gasteiger partial charge >= 0.3 is 0 Å². The summed E-state index contributed by atoms with van der Waals surface area (Å²) in [6.45, 7) is 11.5. The van der Waals surface area contributed by atoms with Gasteiger partial charge in [-0.2, -0.15) is 4.98 Å². The van der Waals surface area contributed by atoms with Crippen molar-refractivity contribution in [2.45, 2.75) is 57.7 Å². The van der Waals surface area contributed by atoms with E-state index < -0.39 is 29.7 Å². The molecule has 5 aliphatic rings. The fourth-order valence-corrected chi connectivity index (χ4v) is 9.85. The smallest absolute Gasteiger partial charge is 0.293 e. The first-order chi connectivity index (χ1) is 30.9. The van der Waals surface area contributed by atoms with Gasteiger partial charge in [-0.1, -0.05) is 17.7 Å². The molecule has 9 rings (SSSR count). The Bertz CT molecular complexity index is 2580. The number of likely N-dealkylation sites (N-methyl/N-ethyl adjacent to an activating group) is 1. The van der Waals surface area contributed by atoms with E-state index in [0.717, 1.165) is 93.2 Å². The monoisotopic (exact) mass is 893 g/mol. The summed E-state index contributed by atoms with van der Waals surface area (Å²) in [5, 5.41) is 9.23. The maximum Gasteiger partial charge on any atom is 0.293 e. The molecule has 4 aromatic rings. The highest BCUT2D eigenvalue weighted by Crippen LogP contribution is 2.37. The van der Waals surface area contributed by atoms with E-state index in [1.54, 1.807) is 29.0 Å². The molecule has 0 spiro atoms. The number of hydrogen-bond acceptors (Lipinski definition) is 14. The second-order valence-electron chi connectivity index (χ2n) is 17.5. The number of carbonyl (C=O) groups excluding carboxylic acids is 5. The molecule has 18 nitrogen and oxygen atoms in total. The van der Waals surface area contributed by atoms with Crippen LogP contribution in [0.1, 0.15) is 66.3 Å². The summed E-state index contributed by atoms with van der Waals surface area (Å²) >= 11 is 6.61. The van der Waals surface area contributed by atoms with Gasteiger partial charge < -0.3 is 29.7 Å². The highest BCUT2D eigenvalue weighted by Gasteiger charge is 2.46. The number of piperidine rings is 2. The molecule has 5 aliphatic heterocycles. The first-order valence-electron chi connectivity index (χ1n) is 22.0. The van der Waals surface area contributed by atoms with Crippen LogP contribution in [0, 0.1) is 5.92 Å². The van der Waals surface area contributed by atoms with Crippen molar-refractivity contribution in [2.75, 3.05) is 87.7 Å². The number of pyridine rings is 1. The summed E-state index contributed by atoms with van der Waals surface area (Å²) < 4.78 is 7.27. The SMILES string of the molecule is CNC(=O)COc1cc2cc(Nc3nc(N4CCN(CC5CN(C6CCN(c7cccc8c7C(=O)N(C7CCC(=O)NC7=O)C8=O)CC6)C5)CC4)ncc3Cl)ccc2n(C(C)C)c1=O. The summed E-state index contributed by atoms with van der Waals surface area (Å²) in [6.07, 6.45) is 3.72. The van der Waals surface area contributed by atoms with Crippen molar-refractivity contribution in [3.05, 3.63) is 75.2 Å². The van der Waals surface area contributed by atoms with Gasteiger partial charge in [0.25, 0.3) is 23.3 Å². The number of halogens is 1. The van der Waals surface area contributed by atoms with Crippen molar-refractivity contribution < 1.29 is 28.7 Å². The molecule has 2 aromatic carbocycles. The number of amides is 5. The number of likely N-dealkylation sites (tertiary alicyclic amines) is 1. The Hall–Kier alpha value is -6.11. The van der Waals surface area contributed by atoms with Crippen LogP contribution in [-0.4, -0.2) is 143 Å². The van der Waals surface area contributed by atoms with Crippen molar-refractivity contribution in [3.8, 4) is 5.75 Å². The van der Waals surface area contributed by atoms with Crippen LogP contribution < -0.4 is 36.0 Å². The Labute approximate surface area is 374 Å². The fraction of sp³-hybridized carbons (Fsp3) is 0.467. The Kier molecular flexibility index (Phi) is 12.0. The zero-order valence-corrected chi connectivity index (χ0v) is 36.9. The molecule has 0 aliphatic carbocycles. The molecular formula is C45H52ClN11O7. The lowest BCUT2D eigenvalue weighted by Gasteiger charge is -2.49. The van der Waals surface area contributed by atoms with Crippen LogP contribution in [0.15, 0.2) is 53.5 Å². The normalized spacial score (nSPS) is 20.2. The zero-order valence-electron chi connectivity index (χ0n) is 36.1. The maximum atomic E-state index is 13.7. The number of piperazine rings is 1. The average Bonchev–Trinajstić information content (AvgIpc) is 3.53. The molecule has 4 saturated heterocycles. The fourth-order valence-electron chi connectivity index (χ4n) is 9.72. The standard InChI is InChI=1S/C45H52ClN11O7/c1-26(2)56-33-8-7-29(19-28(33)20-36(43(56)62)64-25-38(59)47-3)49-40-32(46)21-48-45(51-40)54-17-15-52(16-18-54)22-27-23-55(24-27)30-11-13-53(14-12-30)34-6-4-5-31-39(34)44(63)57(42(31)61)35-9-10-37(58)50-41(35)60/h4-8,19-21,26-27,30,35H,9-18,22-25H2,1-3H3,(H,47,59)(H,48,49,51)(H,50,58,60). The van der Waals surface area contributed by atoms with Crippen LogP contribution >= 0.6 is 11.6 Å². The number of fused-ring (bicyclic) bond motifs is 2. The van der Waals surface area contributed by atoms with Crippen LogP contribution in [0.5, 0.6) is 5.75 Å². The minimum Gasteiger partial charge on any atom is -0.478 e. The number of hydrogen-bond donors (Lipinski definition) is 3. The maximum absolute atomic E-state index is 13.7. The second-order valence-corrected chi connectivity index (χ2v) is 17.9. The van der Waals surface area contributed by atoms with Crippen molar-refractivity contribution in [1.29, 1.82) is 0 Å². The third-order valence-electron chi connectivity index (χ3n) is 13.1. The summed E-state index contributed by atoms with van der Waals surface area (Å²) in [7, 11) is 1.51. The van der Waals surface area contributed by atoms with E-state index in [2.05, 4.69) is 40.5 Å².